The molecule has 0 aliphatic rings. The first kappa shape index (κ1) is 11.5. The van der Waals surface area contributed by atoms with Gasteiger partial charge in [-0.1, -0.05) is 36.2 Å². The molecule has 0 saturated carbocycles. The Morgan fingerprint density at radius 1 is 1.50 bits per heavy atom. The molecule has 2 N–H and O–H groups in total. The van der Waals surface area contributed by atoms with Crippen molar-refractivity contribution in [1.29, 1.82) is 0 Å². The maximum atomic E-state index is 11.7. The van der Waals surface area contributed by atoms with Gasteiger partial charge in [-0.15, -0.1) is 0 Å². The lowest BCUT2D eigenvalue weighted by molar-refractivity contribution is 0.0934. The van der Waals surface area contributed by atoms with E-state index < -0.39 is 0 Å². The number of carbonyl (C=O) groups is 1. The maximum Gasteiger partial charge on any atom is 0.168 e. The summed E-state index contributed by atoms with van der Waals surface area (Å²) in [5, 5.41) is 0.696. The molecule has 0 amide bonds. The highest BCUT2D eigenvalue weighted by Crippen LogP contribution is 2.27. The van der Waals surface area contributed by atoms with Crippen LogP contribution < -0.4 is 5.73 Å². The Bertz CT molecular complexity index is 352. The minimum Gasteiger partial charge on any atom is -0.330 e. The molecule has 0 heterocycles. The lowest BCUT2D eigenvalue weighted by Crippen LogP contribution is -2.20. The quantitative estimate of drug-likeness (QED) is 0.814. The number of ketones is 1. The zero-order valence-electron chi connectivity index (χ0n) is 7.76. The molecule has 0 fully saturated rings. The molecule has 0 aromatic heterocycles. The maximum absolute atomic E-state index is 11.7. The fourth-order valence-corrected chi connectivity index (χ4v) is 1.46. The van der Waals surface area contributed by atoms with Gasteiger partial charge in [0.25, 0.3) is 0 Å². The summed E-state index contributed by atoms with van der Waals surface area (Å²) in [4.78, 5) is 11.7. The van der Waals surface area contributed by atoms with E-state index in [1.165, 1.54) is 0 Å². The van der Waals surface area contributed by atoms with Gasteiger partial charge in [-0.2, -0.15) is 0 Å². The number of rotatable bonds is 3. The third-order valence-electron chi connectivity index (χ3n) is 2.02. The van der Waals surface area contributed by atoms with Crippen molar-refractivity contribution in [2.24, 2.45) is 11.7 Å². The minimum absolute atomic E-state index is 0.0694. The lowest BCUT2D eigenvalue weighted by Gasteiger charge is -2.09. The summed E-state index contributed by atoms with van der Waals surface area (Å²) >= 11 is 11.7. The molecule has 0 aliphatic carbocycles. The van der Waals surface area contributed by atoms with Crippen molar-refractivity contribution >= 4 is 29.0 Å². The highest BCUT2D eigenvalue weighted by Gasteiger charge is 2.17. The number of Topliss-reactive ketones (excluding diaryl/α,β-unsaturated/α-hetero) is 1. The summed E-state index contributed by atoms with van der Waals surface area (Å²) in [6.07, 6.45) is 0. The molecule has 1 atom stereocenters. The molecule has 2 nitrogen and oxygen atoms in total. The second-order valence-electron chi connectivity index (χ2n) is 3.10. The van der Waals surface area contributed by atoms with Crippen LogP contribution in [0.2, 0.25) is 10.0 Å². The SMILES string of the molecule is CC(CN)C(=O)c1cccc(Cl)c1Cl. The summed E-state index contributed by atoms with van der Waals surface area (Å²) in [6.45, 7) is 2.07. The van der Waals surface area contributed by atoms with Crippen LogP contribution in [0.4, 0.5) is 0 Å². The number of carbonyl (C=O) groups excluding carboxylic acids is 1. The molecule has 0 aliphatic heterocycles. The van der Waals surface area contributed by atoms with E-state index in [1.54, 1.807) is 25.1 Å². The average Bonchev–Trinajstić information content (AvgIpc) is 2.20. The molecule has 14 heavy (non-hydrogen) atoms. The monoisotopic (exact) mass is 231 g/mol. The fourth-order valence-electron chi connectivity index (χ4n) is 1.07. The predicted molar refractivity (Wildman–Crippen MR) is 59.0 cm³/mol. The van der Waals surface area contributed by atoms with Crippen LogP contribution in [-0.2, 0) is 0 Å². The van der Waals surface area contributed by atoms with Gasteiger partial charge in [0.2, 0.25) is 0 Å². The van der Waals surface area contributed by atoms with E-state index in [9.17, 15) is 4.79 Å². The van der Waals surface area contributed by atoms with Crippen molar-refractivity contribution in [2.75, 3.05) is 6.54 Å². The first-order valence-corrected chi connectivity index (χ1v) is 5.01. The fraction of sp³-hybridized carbons (Fsp3) is 0.300. The molecule has 1 unspecified atom stereocenters. The zero-order valence-corrected chi connectivity index (χ0v) is 9.27. The van der Waals surface area contributed by atoms with E-state index in [-0.39, 0.29) is 11.7 Å². The summed E-state index contributed by atoms with van der Waals surface area (Å²) < 4.78 is 0. The second kappa shape index (κ2) is 4.78. The Morgan fingerprint density at radius 2 is 2.14 bits per heavy atom. The zero-order chi connectivity index (χ0) is 10.7. The van der Waals surface area contributed by atoms with Crippen molar-refractivity contribution in [2.45, 2.75) is 6.92 Å². The topological polar surface area (TPSA) is 43.1 Å². The van der Waals surface area contributed by atoms with Gasteiger partial charge in [-0.05, 0) is 12.1 Å². The number of nitrogens with two attached hydrogens (primary N) is 1. The number of hydrogen-bond acceptors (Lipinski definition) is 2. The largest absolute Gasteiger partial charge is 0.330 e. The van der Waals surface area contributed by atoms with E-state index in [1.807, 2.05) is 0 Å². The molecular formula is C10H11Cl2NO. The molecule has 1 rings (SSSR count). The Labute approximate surface area is 93.0 Å². The molecule has 1 aromatic carbocycles. The Hall–Kier alpha value is -0.570. The van der Waals surface area contributed by atoms with Gasteiger partial charge in [0, 0.05) is 18.0 Å². The molecule has 0 bridgehead atoms. The standard InChI is InChI=1S/C10H11Cl2NO/c1-6(5-13)10(14)7-3-2-4-8(11)9(7)12/h2-4,6H,5,13H2,1H3. The second-order valence-corrected chi connectivity index (χ2v) is 3.89. The van der Waals surface area contributed by atoms with Gasteiger partial charge < -0.3 is 5.73 Å². The van der Waals surface area contributed by atoms with Gasteiger partial charge in [0.1, 0.15) is 0 Å². The summed E-state index contributed by atoms with van der Waals surface area (Å²) in [5.74, 6) is -0.300. The van der Waals surface area contributed by atoms with Crippen LogP contribution in [0.5, 0.6) is 0 Å². The Balaban J connectivity index is 3.07. The number of benzene rings is 1. The van der Waals surface area contributed by atoms with Crippen molar-refractivity contribution in [3.8, 4) is 0 Å². The van der Waals surface area contributed by atoms with E-state index in [0.29, 0.717) is 22.2 Å². The average molecular weight is 232 g/mol. The van der Waals surface area contributed by atoms with E-state index in [0.717, 1.165) is 0 Å². The summed E-state index contributed by atoms with van der Waals surface area (Å²) in [7, 11) is 0. The van der Waals surface area contributed by atoms with Crippen molar-refractivity contribution in [3.63, 3.8) is 0 Å². The molecule has 0 radical (unpaired) electrons. The Kier molecular flexibility index (Phi) is 3.93. The van der Waals surface area contributed by atoms with Crippen molar-refractivity contribution in [1.82, 2.24) is 0 Å². The molecule has 4 heteroatoms. The predicted octanol–water partition coefficient (Wildman–Crippen LogP) is 2.77. The molecular weight excluding hydrogens is 221 g/mol. The Morgan fingerprint density at radius 3 is 2.71 bits per heavy atom. The number of halogens is 2. The van der Waals surface area contributed by atoms with Gasteiger partial charge in [0.05, 0.1) is 10.0 Å². The van der Waals surface area contributed by atoms with E-state index in [2.05, 4.69) is 0 Å². The van der Waals surface area contributed by atoms with Crippen LogP contribution in [0.15, 0.2) is 18.2 Å². The first-order chi connectivity index (χ1) is 6.57. The highest BCUT2D eigenvalue weighted by atomic mass is 35.5. The molecule has 0 spiro atoms. The lowest BCUT2D eigenvalue weighted by atomic mass is 10.00. The third-order valence-corrected chi connectivity index (χ3v) is 2.84. The van der Waals surface area contributed by atoms with Crippen molar-refractivity contribution < 1.29 is 4.79 Å². The van der Waals surface area contributed by atoms with E-state index in [4.69, 9.17) is 28.9 Å². The minimum atomic E-state index is -0.231. The highest BCUT2D eigenvalue weighted by molar-refractivity contribution is 6.43. The van der Waals surface area contributed by atoms with Crippen molar-refractivity contribution in [3.05, 3.63) is 33.8 Å². The van der Waals surface area contributed by atoms with Crippen LogP contribution in [0, 0.1) is 5.92 Å². The van der Waals surface area contributed by atoms with Crippen LogP contribution in [0.3, 0.4) is 0 Å². The summed E-state index contributed by atoms with van der Waals surface area (Å²) in [6, 6.07) is 5.00. The molecule has 1 aromatic rings. The van der Waals surface area contributed by atoms with Gasteiger partial charge in [0.15, 0.2) is 5.78 Å². The van der Waals surface area contributed by atoms with Crippen LogP contribution in [0.1, 0.15) is 17.3 Å². The van der Waals surface area contributed by atoms with Crippen LogP contribution >= 0.6 is 23.2 Å². The van der Waals surface area contributed by atoms with Crippen LogP contribution in [-0.4, -0.2) is 12.3 Å². The molecule has 76 valence electrons. The summed E-state index contributed by atoms with van der Waals surface area (Å²) in [5.41, 5.74) is 5.84. The first-order valence-electron chi connectivity index (χ1n) is 4.26. The van der Waals surface area contributed by atoms with Gasteiger partial charge in [-0.3, -0.25) is 4.79 Å². The van der Waals surface area contributed by atoms with E-state index >= 15 is 0 Å². The number of hydrogen-bond donors (Lipinski definition) is 1. The third kappa shape index (κ3) is 2.27. The normalized spacial score (nSPS) is 12.6. The smallest absolute Gasteiger partial charge is 0.168 e. The van der Waals surface area contributed by atoms with Gasteiger partial charge in [-0.25, -0.2) is 0 Å². The molecule has 0 saturated heterocycles. The van der Waals surface area contributed by atoms with Gasteiger partial charge >= 0.3 is 0 Å². The van der Waals surface area contributed by atoms with Crippen LogP contribution in [0.25, 0.3) is 0 Å².